The number of carbonyl (C=O) groups is 1. The molecule has 3 N–H and O–H groups in total. The van der Waals surface area contributed by atoms with Crippen LogP contribution in [-0.4, -0.2) is 30.4 Å². The van der Waals surface area contributed by atoms with Crippen molar-refractivity contribution in [3.8, 4) is 0 Å². The van der Waals surface area contributed by atoms with Crippen molar-refractivity contribution in [2.75, 3.05) is 30.7 Å². The standard InChI is InChI=1S/C17H29N3O/c1-12(2)9-20(10-13(3)4)11-17(21)19-16-7-6-15(18)8-14(16)5/h6-8,12-13H,9-11,18H2,1-5H3,(H,19,21). The first-order chi connectivity index (χ1) is 9.77. The van der Waals surface area contributed by atoms with Crippen LogP contribution < -0.4 is 11.1 Å². The van der Waals surface area contributed by atoms with Gasteiger partial charge in [0, 0.05) is 24.5 Å². The van der Waals surface area contributed by atoms with Gasteiger partial charge in [0.05, 0.1) is 6.54 Å². The van der Waals surface area contributed by atoms with Crippen molar-refractivity contribution >= 4 is 17.3 Å². The van der Waals surface area contributed by atoms with E-state index in [-0.39, 0.29) is 5.91 Å². The van der Waals surface area contributed by atoms with Crippen LogP contribution in [0.3, 0.4) is 0 Å². The minimum atomic E-state index is 0.0316. The topological polar surface area (TPSA) is 58.4 Å². The zero-order valence-electron chi connectivity index (χ0n) is 13.9. The highest BCUT2D eigenvalue weighted by molar-refractivity contribution is 5.93. The molecule has 1 aromatic carbocycles. The predicted octanol–water partition coefficient (Wildman–Crippen LogP) is 3.13. The molecular formula is C17H29N3O. The Balaban J connectivity index is 2.64. The zero-order chi connectivity index (χ0) is 16.0. The lowest BCUT2D eigenvalue weighted by molar-refractivity contribution is -0.117. The monoisotopic (exact) mass is 291 g/mol. The van der Waals surface area contributed by atoms with E-state index in [0.717, 1.165) is 24.3 Å². The molecule has 4 nitrogen and oxygen atoms in total. The molecule has 0 radical (unpaired) electrons. The van der Waals surface area contributed by atoms with Crippen molar-refractivity contribution in [3.63, 3.8) is 0 Å². The van der Waals surface area contributed by atoms with Gasteiger partial charge in [-0.1, -0.05) is 27.7 Å². The summed E-state index contributed by atoms with van der Waals surface area (Å²) in [5.74, 6) is 1.13. The zero-order valence-corrected chi connectivity index (χ0v) is 13.9. The number of nitrogen functional groups attached to an aromatic ring is 1. The number of rotatable bonds is 7. The van der Waals surface area contributed by atoms with E-state index in [0.29, 0.717) is 24.1 Å². The number of hydrogen-bond acceptors (Lipinski definition) is 3. The molecule has 0 saturated heterocycles. The van der Waals surface area contributed by atoms with Crippen molar-refractivity contribution in [1.82, 2.24) is 4.90 Å². The summed E-state index contributed by atoms with van der Waals surface area (Å²) in [5, 5.41) is 2.98. The van der Waals surface area contributed by atoms with Crippen molar-refractivity contribution in [2.45, 2.75) is 34.6 Å². The molecular weight excluding hydrogens is 262 g/mol. The van der Waals surface area contributed by atoms with E-state index in [9.17, 15) is 4.79 Å². The quantitative estimate of drug-likeness (QED) is 0.759. The van der Waals surface area contributed by atoms with E-state index in [1.165, 1.54) is 0 Å². The van der Waals surface area contributed by atoms with E-state index in [1.807, 2.05) is 25.1 Å². The Hall–Kier alpha value is -1.55. The SMILES string of the molecule is Cc1cc(N)ccc1NC(=O)CN(CC(C)C)CC(C)C. The molecule has 0 fully saturated rings. The molecule has 4 heteroatoms. The number of benzene rings is 1. The lowest BCUT2D eigenvalue weighted by Crippen LogP contribution is -2.38. The first-order valence-corrected chi connectivity index (χ1v) is 7.66. The third-order valence-electron chi connectivity index (χ3n) is 3.14. The number of amides is 1. The second-order valence-corrected chi connectivity index (χ2v) is 6.60. The predicted molar refractivity (Wildman–Crippen MR) is 90.3 cm³/mol. The van der Waals surface area contributed by atoms with Gasteiger partial charge in [-0.15, -0.1) is 0 Å². The first kappa shape index (κ1) is 17.5. The Kier molecular flexibility index (Phi) is 6.69. The summed E-state index contributed by atoms with van der Waals surface area (Å²) in [7, 11) is 0. The van der Waals surface area contributed by atoms with Crippen molar-refractivity contribution < 1.29 is 4.79 Å². The third kappa shape index (κ3) is 6.63. The van der Waals surface area contributed by atoms with E-state index in [4.69, 9.17) is 5.73 Å². The Morgan fingerprint density at radius 1 is 1.19 bits per heavy atom. The van der Waals surface area contributed by atoms with Gasteiger partial charge in [-0.3, -0.25) is 9.69 Å². The van der Waals surface area contributed by atoms with Crippen LogP contribution in [0.1, 0.15) is 33.3 Å². The maximum atomic E-state index is 12.2. The number of nitrogens with zero attached hydrogens (tertiary/aromatic N) is 1. The number of carbonyl (C=O) groups excluding carboxylic acids is 1. The average Bonchev–Trinajstić information content (AvgIpc) is 2.30. The van der Waals surface area contributed by atoms with Gasteiger partial charge in [-0.25, -0.2) is 0 Å². The molecule has 1 rings (SSSR count). The maximum Gasteiger partial charge on any atom is 0.238 e. The Labute approximate surface area is 128 Å². The molecule has 0 aliphatic rings. The molecule has 118 valence electrons. The maximum absolute atomic E-state index is 12.2. The van der Waals surface area contributed by atoms with Crippen LogP contribution in [0.5, 0.6) is 0 Å². The summed E-state index contributed by atoms with van der Waals surface area (Å²) < 4.78 is 0. The molecule has 0 unspecified atom stereocenters. The first-order valence-electron chi connectivity index (χ1n) is 7.66. The van der Waals surface area contributed by atoms with Crippen LogP contribution in [0, 0.1) is 18.8 Å². The Bertz CT molecular complexity index is 459. The number of nitrogens with one attached hydrogen (secondary N) is 1. The lowest BCUT2D eigenvalue weighted by atomic mass is 10.1. The molecule has 0 bridgehead atoms. The summed E-state index contributed by atoms with van der Waals surface area (Å²) in [6.45, 7) is 13.0. The molecule has 0 saturated carbocycles. The van der Waals surface area contributed by atoms with Crippen molar-refractivity contribution in [1.29, 1.82) is 0 Å². The van der Waals surface area contributed by atoms with E-state index in [2.05, 4.69) is 37.9 Å². The number of nitrogens with two attached hydrogens (primary N) is 1. The van der Waals surface area contributed by atoms with Crippen LogP contribution in [-0.2, 0) is 4.79 Å². The van der Waals surface area contributed by atoms with E-state index >= 15 is 0 Å². The fourth-order valence-corrected chi connectivity index (χ4v) is 2.46. The van der Waals surface area contributed by atoms with Crippen LogP contribution >= 0.6 is 0 Å². The van der Waals surface area contributed by atoms with Gasteiger partial charge in [-0.05, 0) is 42.5 Å². The highest BCUT2D eigenvalue weighted by Gasteiger charge is 2.14. The molecule has 1 amide bonds. The highest BCUT2D eigenvalue weighted by atomic mass is 16.2. The largest absolute Gasteiger partial charge is 0.399 e. The normalized spacial score (nSPS) is 11.4. The molecule has 1 aromatic rings. The highest BCUT2D eigenvalue weighted by Crippen LogP contribution is 2.17. The smallest absolute Gasteiger partial charge is 0.238 e. The van der Waals surface area contributed by atoms with E-state index < -0.39 is 0 Å². The fraction of sp³-hybridized carbons (Fsp3) is 0.588. The van der Waals surface area contributed by atoms with Gasteiger partial charge < -0.3 is 11.1 Å². The number of hydrogen-bond donors (Lipinski definition) is 2. The molecule has 0 heterocycles. The Morgan fingerprint density at radius 2 is 1.76 bits per heavy atom. The molecule has 0 spiro atoms. The van der Waals surface area contributed by atoms with Gasteiger partial charge in [0.1, 0.15) is 0 Å². The molecule has 0 aliphatic heterocycles. The second kappa shape index (κ2) is 8.03. The summed E-state index contributed by atoms with van der Waals surface area (Å²) >= 11 is 0. The van der Waals surface area contributed by atoms with Crippen LogP contribution in [0.25, 0.3) is 0 Å². The molecule has 0 atom stereocenters. The second-order valence-electron chi connectivity index (χ2n) is 6.60. The van der Waals surface area contributed by atoms with Crippen LogP contribution in [0.15, 0.2) is 18.2 Å². The van der Waals surface area contributed by atoms with Gasteiger partial charge in [0.15, 0.2) is 0 Å². The average molecular weight is 291 g/mol. The van der Waals surface area contributed by atoms with Gasteiger partial charge in [0.2, 0.25) is 5.91 Å². The summed E-state index contributed by atoms with van der Waals surface area (Å²) in [6.07, 6.45) is 0. The van der Waals surface area contributed by atoms with Gasteiger partial charge in [0.25, 0.3) is 0 Å². The molecule has 0 aliphatic carbocycles. The summed E-state index contributed by atoms with van der Waals surface area (Å²) in [5.41, 5.74) is 8.27. The van der Waals surface area contributed by atoms with Crippen molar-refractivity contribution in [3.05, 3.63) is 23.8 Å². The summed E-state index contributed by atoms with van der Waals surface area (Å²) in [6, 6.07) is 5.54. The number of aryl methyl sites for hydroxylation is 1. The van der Waals surface area contributed by atoms with E-state index in [1.54, 1.807) is 0 Å². The summed E-state index contributed by atoms with van der Waals surface area (Å²) in [4.78, 5) is 14.5. The number of anilines is 2. The third-order valence-corrected chi connectivity index (χ3v) is 3.14. The van der Waals surface area contributed by atoms with Crippen LogP contribution in [0.4, 0.5) is 11.4 Å². The lowest BCUT2D eigenvalue weighted by Gasteiger charge is -2.25. The van der Waals surface area contributed by atoms with Gasteiger partial charge in [-0.2, -0.15) is 0 Å². The van der Waals surface area contributed by atoms with Gasteiger partial charge >= 0.3 is 0 Å². The molecule has 0 aromatic heterocycles. The fourth-order valence-electron chi connectivity index (χ4n) is 2.46. The Morgan fingerprint density at radius 3 is 2.24 bits per heavy atom. The van der Waals surface area contributed by atoms with Crippen LogP contribution in [0.2, 0.25) is 0 Å². The minimum absolute atomic E-state index is 0.0316. The minimum Gasteiger partial charge on any atom is -0.399 e. The van der Waals surface area contributed by atoms with Crippen molar-refractivity contribution in [2.24, 2.45) is 11.8 Å². The molecule has 21 heavy (non-hydrogen) atoms.